The number of hydrogen-bond donors (Lipinski definition) is 2. The van der Waals surface area contributed by atoms with E-state index in [9.17, 15) is 4.79 Å². The van der Waals surface area contributed by atoms with Crippen LogP contribution in [-0.2, 0) is 4.79 Å². The van der Waals surface area contributed by atoms with E-state index in [4.69, 9.17) is 20.3 Å². The Bertz CT molecular complexity index is 433. The molecule has 0 aliphatic rings. The Balaban J connectivity index is 2.35. The van der Waals surface area contributed by atoms with E-state index in [1.54, 1.807) is 7.11 Å². The maximum Gasteiger partial charge on any atom is 0.321 e. The summed E-state index contributed by atoms with van der Waals surface area (Å²) in [5, 5.41) is 8.92. The third-order valence-electron chi connectivity index (χ3n) is 2.90. The molecule has 0 saturated heterocycles. The van der Waals surface area contributed by atoms with Gasteiger partial charge < -0.3 is 20.3 Å². The van der Waals surface area contributed by atoms with Gasteiger partial charge in [0.2, 0.25) is 0 Å². The molecule has 0 heterocycles. The summed E-state index contributed by atoms with van der Waals surface area (Å²) in [6.07, 6.45) is 0. The van der Waals surface area contributed by atoms with Crippen LogP contribution in [0, 0.1) is 0 Å². The van der Waals surface area contributed by atoms with E-state index in [2.05, 4.69) is 0 Å². The molecule has 0 aliphatic carbocycles. The molecule has 1 atom stereocenters. The van der Waals surface area contributed by atoms with Crippen molar-refractivity contribution >= 4 is 17.7 Å². The van der Waals surface area contributed by atoms with Crippen LogP contribution >= 0.6 is 11.8 Å². The summed E-state index contributed by atoms with van der Waals surface area (Å²) in [7, 11) is 1.61. The number of nitrogens with two attached hydrogens (primary N) is 1. The van der Waals surface area contributed by atoms with Gasteiger partial charge in [0.05, 0.1) is 13.7 Å². The minimum absolute atomic E-state index is 0.493. The molecule has 1 aromatic carbocycles. The molecule has 112 valence electrons. The molecule has 0 spiro atoms. The molecule has 1 rings (SSSR count). The third-order valence-corrected chi connectivity index (χ3v) is 4.27. The van der Waals surface area contributed by atoms with E-state index in [-0.39, 0.29) is 0 Å². The van der Waals surface area contributed by atoms with E-state index in [1.165, 1.54) is 11.8 Å². The molecule has 0 aromatic heterocycles. The molecule has 0 bridgehead atoms. The second kappa shape index (κ2) is 7.40. The fourth-order valence-electron chi connectivity index (χ4n) is 1.52. The zero-order valence-corrected chi connectivity index (χ0v) is 12.8. The van der Waals surface area contributed by atoms with Crippen molar-refractivity contribution in [2.45, 2.75) is 24.6 Å². The van der Waals surface area contributed by atoms with Crippen molar-refractivity contribution in [1.82, 2.24) is 0 Å². The van der Waals surface area contributed by atoms with Crippen LogP contribution in [-0.4, -0.2) is 41.3 Å². The lowest BCUT2D eigenvalue weighted by Crippen LogP contribution is -2.47. The molecule has 0 amide bonds. The maximum atomic E-state index is 10.9. The van der Waals surface area contributed by atoms with Crippen LogP contribution in [0.15, 0.2) is 24.3 Å². The summed E-state index contributed by atoms with van der Waals surface area (Å²) in [5.41, 5.74) is 5.64. The van der Waals surface area contributed by atoms with Crippen molar-refractivity contribution in [1.29, 1.82) is 0 Å². The number of carboxylic acids is 1. The molecule has 0 unspecified atom stereocenters. The molecular formula is C14H21NO4S. The Labute approximate surface area is 123 Å². The number of carboxylic acid groups (broad SMARTS) is 1. The van der Waals surface area contributed by atoms with E-state index < -0.39 is 16.8 Å². The summed E-state index contributed by atoms with van der Waals surface area (Å²) in [5.74, 6) is 1.21. The lowest BCUT2D eigenvalue weighted by atomic mass is 10.1. The lowest BCUT2D eigenvalue weighted by molar-refractivity contribution is -0.139. The number of thioether (sulfide) groups is 1. The summed E-state index contributed by atoms with van der Waals surface area (Å²) in [6, 6.07) is 6.42. The average molecular weight is 299 g/mol. The van der Waals surface area contributed by atoms with Gasteiger partial charge in [-0.1, -0.05) is 0 Å². The van der Waals surface area contributed by atoms with Gasteiger partial charge in [0.1, 0.15) is 17.5 Å². The van der Waals surface area contributed by atoms with Gasteiger partial charge in [-0.05, 0) is 38.1 Å². The smallest absolute Gasteiger partial charge is 0.321 e. The number of benzene rings is 1. The van der Waals surface area contributed by atoms with Gasteiger partial charge in [0.15, 0.2) is 0 Å². The predicted octanol–water partition coefficient (Wildman–Crippen LogP) is 2.00. The SMILES string of the molecule is COc1ccc(OCCSC(C)(C)[C@@H](N)C(=O)O)cc1. The van der Waals surface area contributed by atoms with Crippen LogP contribution in [0.2, 0.25) is 0 Å². The first-order chi connectivity index (χ1) is 9.36. The van der Waals surface area contributed by atoms with Gasteiger partial charge in [-0.2, -0.15) is 0 Å². The molecule has 6 heteroatoms. The van der Waals surface area contributed by atoms with E-state index in [1.807, 2.05) is 38.1 Å². The quantitative estimate of drug-likeness (QED) is 0.715. The molecule has 5 nitrogen and oxygen atoms in total. The third kappa shape index (κ3) is 4.94. The molecule has 0 saturated carbocycles. The number of carbonyl (C=O) groups is 1. The predicted molar refractivity (Wildman–Crippen MR) is 80.6 cm³/mol. The first-order valence-electron chi connectivity index (χ1n) is 6.26. The van der Waals surface area contributed by atoms with Crippen molar-refractivity contribution in [2.24, 2.45) is 5.73 Å². The Hall–Kier alpha value is -1.40. The van der Waals surface area contributed by atoms with Crippen molar-refractivity contribution in [3.8, 4) is 11.5 Å². The van der Waals surface area contributed by atoms with Gasteiger partial charge in [-0.25, -0.2) is 0 Å². The molecule has 20 heavy (non-hydrogen) atoms. The van der Waals surface area contributed by atoms with Crippen LogP contribution < -0.4 is 15.2 Å². The van der Waals surface area contributed by atoms with E-state index in [0.717, 1.165) is 11.5 Å². The van der Waals surface area contributed by atoms with Gasteiger partial charge in [-0.3, -0.25) is 4.79 Å². The fraction of sp³-hybridized carbons (Fsp3) is 0.500. The Morgan fingerprint density at radius 3 is 2.40 bits per heavy atom. The lowest BCUT2D eigenvalue weighted by Gasteiger charge is -2.27. The standard InChI is InChI=1S/C14H21NO4S/c1-14(2,12(15)13(16)17)20-9-8-19-11-6-4-10(18-3)5-7-11/h4-7,12H,8-9,15H2,1-3H3,(H,16,17)/t12-/m0/s1. The van der Waals surface area contributed by atoms with Gasteiger partial charge >= 0.3 is 5.97 Å². The first-order valence-corrected chi connectivity index (χ1v) is 7.24. The summed E-state index contributed by atoms with van der Waals surface area (Å²) >= 11 is 1.49. The van der Waals surface area contributed by atoms with Crippen molar-refractivity contribution in [3.05, 3.63) is 24.3 Å². The monoisotopic (exact) mass is 299 g/mol. The van der Waals surface area contributed by atoms with Gasteiger partial charge in [0.25, 0.3) is 0 Å². The first kappa shape index (κ1) is 16.7. The second-order valence-electron chi connectivity index (χ2n) is 4.79. The summed E-state index contributed by atoms with van der Waals surface area (Å²) in [6.45, 7) is 4.14. The molecule has 1 aromatic rings. The second-order valence-corrected chi connectivity index (χ2v) is 6.54. The molecule has 3 N–H and O–H groups in total. The topological polar surface area (TPSA) is 81.8 Å². The molecule has 0 fully saturated rings. The van der Waals surface area contributed by atoms with Crippen molar-refractivity contribution < 1.29 is 19.4 Å². The highest BCUT2D eigenvalue weighted by Gasteiger charge is 2.32. The maximum absolute atomic E-state index is 10.9. The average Bonchev–Trinajstić information content (AvgIpc) is 2.43. The minimum Gasteiger partial charge on any atom is -0.497 e. The number of ether oxygens (including phenoxy) is 2. The summed E-state index contributed by atoms with van der Waals surface area (Å²) < 4.78 is 10.1. The zero-order valence-electron chi connectivity index (χ0n) is 12.0. The van der Waals surface area contributed by atoms with Crippen LogP contribution in [0.3, 0.4) is 0 Å². The minimum atomic E-state index is -0.987. The molecule has 0 aliphatic heterocycles. The summed E-state index contributed by atoms with van der Waals surface area (Å²) in [4.78, 5) is 10.9. The van der Waals surface area contributed by atoms with Crippen LogP contribution in [0.1, 0.15) is 13.8 Å². The fourth-order valence-corrected chi connectivity index (χ4v) is 2.50. The highest BCUT2D eigenvalue weighted by atomic mass is 32.2. The Morgan fingerprint density at radius 1 is 1.35 bits per heavy atom. The largest absolute Gasteiger partial charge is 0.497 e. The van der Waals surface area contributed by atoms with Crippen molar-refractivity contribution in [2.75, 3.05) is 19.5 Å². The van der Waals surface area contributed by atoms with E-state index in [0.29, 0.717) is 12.4 Å². The van der Waals surface area contributed by atoms with E-state index >= 15 is 0 Å². The Kier molecular flexibility index (Phi) is 6.16. The van der Waals surface area contributed by atoms with Crippen LogP contribution in [0.5, 0.6) is 11.5 Å². The number of aliphatic carboxylic acids is 1. The Morgan fingerprint density at radius 2 is 1.90 bits per heavy atom. The van der Waals surface area contributed by atoms with Gasteiger partial charge in [0, 0.05) is 10.5 Å². The molecule has 0 radical (unpaired) electrons. The number of rotatable bonds is 8. The number of methoxy groups -OCH3 is 1. The van der Waals surface area contributed by atoms with Crippen molar-refractivity contribution in [3.63, 3.8) is 0 Å². The van der Waals surface area contributed by atoms with Gasteiger partial charge in [-0.15, -0.1) is 11.8 Å². The highest BCUT2D eigenvalue weighted by Crippen LogP contribution is 2.27. The highest BCUT2D eigenvalue weighted by molar-refractivity contribution is 8.00. The zero-order chi connectivity index (χ0) is 15.2. The molecular weight excluding hydrogens is 278 g/mol. The normalized spacial score (nSPS) is 12.8. The van der Waals surface area contributed by atoms with Crippen LogP contribution in [0.4, 0.5) is 0 Å². The van der Waals surface area contributed by atoms with Crippen LogP contribution in [0.25, 0.3) is 0 Å². The number of hydrogen-bond acceptors (Lipinski definition) is 5.